The summed E-state index contributed by atoms with van der Waals surface area (Å²) in [6.45, 7) is 3.45. The van der Waals surface area contributed by atoms with E-state index in [-0.39, 0.29) is 6.10 Å². The molecule has 2 atom stereocenters. The molecule has 1 fully saturated rings. The van der Waals surface area contributed by atoms with Gasteiger partial charge in [-0.2, -0.15) is 0 Å². The molecule has 146 valence electrons. The van der Waals surface area contributed by atoms with Gasteiger partial charge in [0.2, 0.25) is 0 Å². The van der Waals surface area contributed by atoms with Crippen molar-refractivity contribution in [3.05, 3.63) is 53.9 Å². The van der Waals surface area contributed by atoms with E-state index in [1.165, 1.54) is 0 Å². The number of likely N-dealkylation sites (tertiary alicyclic amines) is 1. The Morgan fingerprint density at radius 1 is 1.25 bits per heavy atom. The molecule has 0 bridgehead atoms. The van der Waals surface area contributed by atoms with Crippen LogP contribution in [-0.2, 0) is 0 Å². The molecule has 3 aromatic rings. The Bertz CT molecular complexity index is 949. The van der Waals surface area contributed by atoms with Crippen molar-refractivity contribution in [2.45, 2.75) is 32.1 Å². The van der Waals surface area contributed by atoms with Crippen LogP contribution in [0.15, 0.2) is 48.8 Å². The predicted molar refractivity (Wildman–Crippen MR) is 111 cm³/mol. The summed E-state index contributed by atoms with van der Waals surface area (Å²) in [4.78, 5) is 10.6. The lowest BCUT2D eigenvalue weighted by atomic mass is 10.1. The molecule has 0 spiro atoms. The zero-order chi connectivity index (χ0) is 19.5. The van der Waals surface area contributed by atoms with Gasteiger partial charge in [0, 0.05) is 24.7 Å². The summed E-state index contributed by atoms with van der Waals surface area (Å²) in [6.07, 6.45) is 5.11. The van der Waals surface area contributed by atoms with Crippen LogP contribution >= 0.6 is 11.6 Å². The minimum absolute atomic E-state index is 0.0837. The molecule has 0 radical (unpaired) electrons. The fourth-order valence-electron chi connectivity index (χ4n) is 3.51. The number of aliphatic hydroxyl groups is 1. The van der Waals surface area contributed by atoms with Crippen LogP contribution in [0.2, 0.25) is 5.15 Å². The van der Waals surface area contributed by atoms with Crippen LogP contribution in [0.25, 0.3) is 10.8 Å². The third-order valence-electron chi connectivity index (χ3n) is 4.97. The molecule has 3 heterocycles. The van der Waals surface area contributed by atoms with E-state index in [4.69, 9.17) is 16.3 Å². The Kier molecular flexibility index (Phi) is 5.62. The summed E-state index contributed by atoms with van der Waals surface area (Å²) >= 11 is 5.85. The number of anilines is 2. The van der Waals surface area contributed by atoms with Crippen molar-refractivity contribution in [1.29, 1.82) is 0 Å². The van der Waals surface area contributed by atoms with E-state index in [0.29, 0.717) is 5.15 Å². The van der Waals surface area contributed by atoms with Crippen molar-refractivity contribution < 1.29 is 9.84 Å². The minimum atomic E-state index is -0.440. The summed E-state index contributed by atoms with van der Waals surface area (Å²) in [5, 5.41) is 15.6. The van der Waals surface area contributed by atoms with Crippen molar-refractivity contribution in [3.63, 3.8) is 0 Å². The lowest BCUT2D eigenvalue weighted by molar-refractivity contribution is -0.0265. The number of piperidine rings is 1. The number of halogens is 1. The number of fused-ring (bicyclic) bond motifs is 1. The highest BCUT2D eigenvalue weighted by molar-refractivity contribution is 6.29. The Labute approximate surface area is 169 Å². The number of aromatic nitrogens is 2. The highest BCUT2D eigenvalue weighted by atomic mass is 35.5. The Hall–Kier alpha value is -2.41. The quantitative estimate of drug-likeness (QED) is 0.627. The largest absolute Gasteiger partial charge is 0.489 e. The lowest BCUT2D eigenvalue weighted by Gasteiger charge is -2.34. The van der Waals surface area contributed by atoms with E-state index in [1.54, 1.807) is 25.4 Å². The molecule has 4 rings (SSSR count). The minimum Gasteiger partial charge on any atom is -0.489 e. The Morgan fingerprint density at radius 3 is 2.93 bits per heavy atom. The van der Waals surface area contributed by atoms with Gasteiger partial charge in [0.05, 0.1) is 11.9 Å². The van der Waals surface area contributed by atoms with Gasteiger partial charge in [-0.1, -0.05) is 11.6 Å². The van der Waals surface area contributed by atoms with Gasteiger partial charge >= 0.3 is 0 Å². The summed E-state index contributed by atoms with van der Waals surface area (Å²) < 4.78 is 6.20. The third kappa shape index (κ3) is 4.35. The Balaban J connectivity index is 1.52. The van der Waals surface area contributed by atoms with Crippen LogP contribution in [-0.4, -0.2) is 45.4 Å². The smallest absolute Gasteiger partial charge is 0.138 e. The summed E-state index contributed by atoms with van der Waals surface area (Å²) in [5.41, 5.74) is 0.824. The van der Waals surface area contributed by atoms with Crippen LogP contribution < -0.4 is 10.1 Å². The number of rotatable bonds is 5. The van der Waals surface area contributed by atoms with Gasteiger partial charge in [-0.15, -0.1) is 0 Å². The van der Waals surface area contributed by atoms with Gasteiger partial charge in [0.1, 0.15) is 29.1 Å². The van der Waals surface area contributed by atoms with Crippen LogP contribution in [0, 0.1) is 0 Å². The first kappa shape index (κ1) is 18.9. The zero-order valence-corrected chi connectivity index (χ0v) is 16.4. The van der Waals surface area contributed by atoms with E-state index in [0.717, 1.165) is 54.0 Å². The van der Waals surface area contributed by atoms with Crippen molar-refractivity contribution in [1.82, 2.24) is 14.9 Å². The second-order valence-electron chi connectivity index (χ2n) is 7.05. The topological polar surface area (TPSA) is 70.5 Å². The number of hydrogen-bond acceptors (Lipinski definition) is 6. The molecule has 2 N–H and O–H groups in total. The number of ether oxygens (including phenoxy) is 1. The molecule has 7 heteroatoms. The molecule has 1 unspecified atom stereocenters. The van der Waals surface area contributed by atoms with E-state index in [9.17, 15) is 5.11 Å². The van der Waals surface area contributed by atoms with Gasteiger partial charge in [-0.3, -0.25) is 4.90 Å². The predicted octanol–water partition coefficient (Wildman–Crippen LogP) is 4.21. The highest BCUT2D eigenvalue weighted by Gasteiger charge is 2.23. The van der Waals surface area contributed by atoms with Crippen LogP contribution in [0.5, 0.6) is 5.75 Å². The molecule has 1 aliphatic rings. The van der Waals surface area contributed by atoms with Crippen molar-refractivity contribution in [2.75, 3.05) is 18.4 Å². The SMILES string of the molecule is CC(O)N1CCC[C@H](Oc2ccc3c(Nc4ccc(Cl)nc4)nccc3c2)C1. The van der Waals surface area contributed by atoms with Crippen LogP contribution in [0.3, 0.4) is 0 Å². The number of hydrogen-bond donors (Lipinski definition) is 2. The molecule has 2 aromatic heterocycles. The van der Waals surface area contributed by atoms with Crippen molar-refractivity contribution in [2.24, 2.45) is 0 Å². The van der Waals surface area contributed by atoms with Crippen LogP contribution in [0.4, 0.5) is 11.5 Å². The number of aliphatic hydroxyl groups excluding tert-OH is 1. The number of benzene rings is 1. The van der Waals surface area contributed by atoms with Gasteiger partial charge in [0.25, 0.3) is 0 Å². The Morgan fingerprint density at radius 2 is 2.14 bits per heavy atom. The lowest BCUT2D eigenvalue weighted by Crippen LogP contribution is -2.45. The van der Waals surface area contributed by atoms with Gasteiger partial charge in [-0.05, 0) is 61.5 Å². The molecule has 1 aromatic carbocycles. The maximum absolute atomic E-state index is 9.81. The molecule has 6 nitrogen and oxygen atoms in total. The van der Waals surface area contributed by atoms with E-state index in [2.05, 4.69) is 15.3 Å². The molecule has 28 heavy (non-hydrogen) atoms. The monoisotopic (exact) mass is 398 g/mol. The third-order valence-corrected chi connectivity index (χ3v) is 5.19. The first-order valence-electron chi connectivity index (χ1n) is 9.44. The average Bonchev–Trinajstić information content (AvgIpc) is 2.70. The molecule has 0 saturated carbocycles. The van der Waals surface area contributed by atoms with Gasteiger partial charge < -0.3 is 15.2 Å². The summed E-state index contributed by atoms with van der Waals surface area (Å²) in [7, 11) is 0. The molecule has 0 aliphatic carbocycles. The normalized spacial score (nSPS) is 18.8. The number of nitrogens with zero attached hydrogens (tertiary/aromatic N) is 3. The maximum Gasteiger partial charge on any atom is 0.138 e. The average molecular weight is 399 g/mol. The fraction of sp³-hybridized carbons (Fsp3) is 0.333. The molecular formula is C21H23ClN4O2. The van der Waals surface area contributed by atoms with E-state index in [1.807, 2.05) is 35.2 Å². The number of nitrogens with one attached hydrogen (secondary N) is 1. The molecular weight excluding hydrogens is 376 g/mol. The van der Waals surface area contributed by atoms with E-state index < -0.39 is 6.23 Å². The van der Waals surface area contributed by atoms with Gasteiger partial charge in [0.15, 0.2) is 0 Å². The second kappa shape index (κ2) is 8.31. The standard InChI is InChI=1S/C21H23ClN4O2/c1-14(27)26-10-2-3-18(13-26)28-17-5-6-19-15(11-17)8-9-23-21(19)25-16-4-7-20(22)24-12-16/h4-9,11-12,14,18,27H,2-3,10,13H2,1H3,(H,23,25)/t14?,18-/m0/s1. The van der Waals surface area contributed by atoms with Crippen LogP contribution in [0.1, 0.15) is 19.8 Å². The van der Waals surface area contributed by atoms with E-state index >= 15 is 0 Å². The number of pyridine rings is 2. The molecule has 1 saturated heterocycles. The van der Waals surface area contributed by atoms with Crippen molar-refractivity contribution in [3.8, 4) is 5.75 Å². The molecule has 0 amide bonds. The zero-order valence-electron chi connectivity index (χ0n) is 15.7. The summed E-state index contributed by atoms with van der Waals surface area (Å²) in [6, 6.07) is 11.6. The first-order chi connectivity index (χ1) is 13.6. The maximum atomic E-state index is 9.81. The van der Waals surface area contributed by atoms with Crippen molar-refractivity contribution >= 4 is 33.9 Å². The molecule has 1 aliphatic heterocycles. The first-order valence-corrected chi connectivity index (χ1v) is 9.82. The fourth-order valence-corrected chi connectivity index (χ4v) is 3.62. The summed E-state index contributed by atoms with van der Waals surface area (Å²) in [5.74, 6) is 1.58. The van der Waals surface area contributed by atoms with Gasteiger partial charge in [-0.25, -0.2) is 9.97 Å². The second-order valence-corrected chi connectivity index (χ2v) is 7.43. The highest BCUT2D eigenvalue weighted by Crippen LogP contribution is 2.29.